The molecular formula is C24H27N5O3. The molecule has 8 nitrogen and oxygen atoms in total. The number of anilines is 1. The van der Waals surface area contributed by atoms with Gasteiger partial charge in [-0.3, -0.25) is 4.79 Å². The van der Waals surface area contributed by atoms with Gasteiger partial charge < -0.3 is 24.7 Å². The van der Waals surface area contributed by atoms with Crippen LogP contribution in [0.25, 0.3) is 5.65 Å². The van der Waals surface area contributed by atoms with Gasteiger partial charge in [-0.2, -0.15) is 0 Å². The summed E-state index contributed by atoms with van der Waals surface area (Å²) in [6.07, 6.45) is 8.05. The maximum absolute atomic E-state index is 12.6. The zero-order chi connectivity index (χ0) is 21.9. The van der Waals surface area contributed by atoms with Crippen LogP contribution in [0.5, 0.6) is 0 Å². The normalized spacial score (nSPS) is 20.6. The molecule has 3 aromatic rings. The first-order valence-electron chi connectivity index (χ1n) is 11.1. The SMILES string of the molecule is O=C(NCc1ccn2ccnc2c1)Nc1ccc(C2CCN(C(=O)[C@@H]3CCCO3)C2)cc1. The lowest BCUT2D eigenvalue weighted by Gasteiger charge is -2.20. The minimum absolute atomic E-state index is 0.131. The van der Waals surface area contributed by atoms with E-state index in [4.69, 9.17) is 4.74 Å². The van der Waals surface area contributed by atoms with Gasteiger partial charge in [-0.05, 0) is 54.7 Å². The number of fused-ring (bicyclic) bond motifs is 1. The van der Waals surface area contributed by atoms with Crippen molar-refractivity contribution in [2.24, 2.45) is 0 Å². The molecule has 0 saturated carbocycles. The van der Waals surface area contributed by atoms with Crippen LogP contribution < -0.4 is 10.6 Å². The van der Waals surface area contributed by atoms with Crippen LogP contribution in [0.3, 0.4) is 0 Å². The molecule has 0 bridgehead atoms. The van der Waals surface area contributed by atoms with Gasteiger partial charge in [-0.1, -0.05) is 12.1 Å². The van der Waals surface area contributed by atoms with E-state index in [1.54, 1.807) is 6.20 Å². The molecule has 2 atom stereocenters. The maximum Gasteiger partial charge on any atom is 0.319 e. The zero-order valence-corrected chi connectivity index (χ0v) is 17.9. The zero-order valence-electron chi connectivity index (χ0n) is 17.9. The van der Waals surface area contributed by atoms with Gasteiger partial charge in [-0.25, -0.2) is 9.78 Å². The van der Waals surface area contributed by atoms with Gasteiger partial charge in [0.1, 0.15) is 11.8 Å². The molecule has 166 valence electrons. The summed E-state index contributed by atoms with van der Waals surface area (Å²) in [4.78, 5) is 31.0. The first kappa shape index (κ1) is 20.5. The van der Waals surface area contributed by atoms with E-state index in [2.05, 4.69) is 15.6 Å². The fourth-order valence-corrected chi connectivity index (χ4v) is 4.47. The first-order valence-corrected chi connectivity index (χ1v) is 11.1. The van der Waals surface area contributed by atoms with Crippen molar-refractivity contribution in [3.63, 3.8) is 0 Å². The van der Waals surface area contributed by atoms with E-state index in [0.29, 0.717) is 19.1 Å². The standard InChI is InChI=1S/C24H27N5O3/c30-23(21-2-1-13-32-21)29-11-8-19(16-29)18-3-5-20(6-4-18)27-24(31)26-15-17-7-10-28-12-9-25-22(28)14-17/h3-7,9-10,12,14,19,21H,1-2,8,11,13,15-16H2,(H2,26,27,31)/t19?,21-/m0/s1. The molecule has 0 spiro atoms. The molecule has 0 aliphatic carbocycles. The number of aromatic nitrogens is 2. The lowest BCUT2D eigenvalue weighted by Crippen LogP contribution is -2.37. The van der Waals surface area contributed by atoms with Crippen LogP contribution in [-0.4, -0.2) is 52.0 Å². The third-order valence-corrected chi connectivity index (χ3v) is 6.26. The maximum atomic E-state index is 12.6. The van der Waals surface area contributed by atoms with Gasteiger partial charge in [-0.15, -0.1) is 0 Å². The second kappa shape index (κ2) is 9.00. The summed E-state index contributed by atoms with van der Waals surface area (Å²) in [5.41, 5.74) is 3.76. The van der Waals surface area contributed by atoms with E-state index in [9.17, 15) is 9.59 Å². The summed E-state index contributed by atoms with van der Waals surface area (Å²) in [5, 5.41) is 5.75. The highest BCUT2D eigenvalue weighted by Gasteiger charge is 2.33. The number of amides is 3. The number of rotatable bonds is 5. The molecule has 2 fully saturated rings. The summed E-state index contributed by atoms with van der Waals surface area (Å²) < 4.78 is 7.47. The van der Waals surface area contributed by atoms with Crippen LogP contribution in [0.2, 0.25) is 0 Å². The number of pyridine rings is 1. The van der Waals surface area contributed by atoms with E-state index in [-0.39, 0.29) is 18.0 Å². The lowest BCUT2D eigenvalue weighted by atomic mass is 9.98. The van der Waals surface area contributed by atoms with Crippen molar-refractivity contribution >= 4 is 23.3 Å². The Morgan fingerprint density at radius 3 is 2.81 bits per heavy atom. The molecule has 3 amide bonds. The number of urea groups is 1. The van der Waals surface area contributed by atoms with E-state index >= 15 is 0 Å². The van der Waals surface area contributed by atoms with Crippen LogP contribution in [0, 0.1) is 0 Å². The van der Waals surface area contributed by atoms with Gasteiger partial charge >= 0.3 is 6.03 Å². The Kier molecular flexibility index (Phi) is 5.77. The fourth-order valence-electron chi connectivity index (χ4n) is 4.47. The van der Waals surface area contributed by atoms with Crippen molar-refractivity contribution in [2.45, 2.75) is 37.8 Å². The van der Waals surface area contributed by atoms with Crippen LogP contribution in [0.4, 0.5) is 10.5 Å². The Bertz CT molecular complexity index is 1100. The average Bonchev–Trinajstić information content (AvgIpc) is 3.59. The Hall–Kier alpha value is -3.39. The van der Waals surface area contributed by atoms with Crippen molar-refractivity contribution in [1.82, 2.24) is 19.6 Å². The lowest BCUT2D eigenvalue weighted by molar-refractivity contribution is -0.139. The fraction of sp³-hybridized carbons (Fsp3) is 0.375. The monoisotopic (exact) mass is 433 g/mol. The Morgan fingerprint density at radius 2 is 2.00 bits per heavy atom. The molecule has 4 heterocycles. The number of carbonyl (C=O) groups excluding carboxylic acids is 2. The topological polar surface area (TPSA) is 88.0 Å². The molecule has 2 aliphatic rings. The molecule has 8 heteroatoms. The van der Waals surface area contributed by atoms with Crippen molar-refractivity contribution < 1.29 is 14.3 Å². The molecule has 1 unspecified atom stereocenters. The van der Waals surface area contributed by atoms with E-state index in [1.165, 1.54) is 5.56 Å². The van der Waals surface area contributed by atoms with Gasteiger partial charge in [0.25, 0.3) is 5.91 Å². The summed E-state index contributed by atoms with van der Waals surface area (Å²) in [6.45, 7) is 2.61. The molecular weight excluding hydrogens is 406 g/mol. The molecule has 2 saturated heterocycles. The second-order valence-corrected chi connectivity index (χ2v) is 8.43. The third kappa shape index (κ3) is 4.45. The molecule has 1 aromatic carbocycles. The Morgan fingerprint density at radius 1 is 1.12 bits per heavy atom. The van der Waals surface area contributed by atoms with Gasteiger partial charge in [0.15, 0.2) is 0 Å². The van der Waals surface area contributed by atoms with E-state index in [1.807, 2.05) is 58.1 Å². The second-order valence-electron chi connectivity index (χ2n) is 8.43. The number of nitrogens with one attached hydrogen (secondary N) is 2. The van der Waals surface area contributed by atoms with Crippen molar-refractivity contribution in [3.05, 3.63) is 66.1 Å². The van der Waals surface area contributed by atoms with Crippen LogP contribution in [0.15, 0.2) is 55.0 Å². The van der Waals surface area contributed by atoms with Gasteiger partial charge in [0.05, 0.1) is 0 Å². The smallest absolute Gasteiger partial charge is 0.319 e. The number of hydrogen-bond acceptors (Lipinski definition) is 4. The molecule has 2 aliphatic heterocycles. The third-order valence-electron chi connectivity index (χ3n) is 6.26. The van der Waals surface area contributed by atoms with Gasteiger partial charge in [0, 0.05) is 56.4 Å². The van der Waals surface area contributed by atoms with Crippen molar-refractivity contribution in [1.29, 1.82) is 0 Å². The molecule has 32 heavy (non-hydrogen) atoms. The largest absolute Gasteiger partial charge is 0.368 e. The van der Waals surface area contributed by atoms with Crippen LogP contribution in [-0.2, 0) is 16.1 Å². The number of nitrogens with zero attached hydrogens (tertiary/aromatic N) is 3. The minimum Gasteiger partial charge on any atom is -0.368 e. The summed E-state index contributed by atoms with van der Waals surface area (Å²) in [7, 11) is 0. The van der Waals surface area contributed by atoms with E-state index in [0.717, 1.165) is 49.2 Å². The molecule has 5 rings (SSSR count). The number of carbonyl (C=O) groups is 2. The highest BCUT2D eigenvalue weighted by atomic mass is 16.5. The predicted molar refractivity (Wildman–Crippen MR) is 120 cm³/mol. The number of likely N-dealkylation sites (tertiary alicyclic amines) is 1. The summed E-state index contributed by atoms with van der Waals surface area (Å²) >= 11 is 0. The van der Waals surface area contributed by atoms with Crippen LogP contribution in [0.1, 0.15) is 36.3 Å². The van der Waals surface area contributed by atoms with Crippen molar-refractivity contribution in [3.8, 4) is 0 Å². The number of imidazole rings is 1. The summed E-state index contributed by atoms with van der Waals surface area (Å²) in [5.74, 6) is 0.452. The quantitative estimate of drug-likeness (QED) is 0.647. The predicted octanol–water partition coefficient (Wildman–Crippen LogP) is 3.15. The molecule has 0 radical (unpaired) electrons. The number of benzene rings is 1. The highest BCUT2D eigenvalue weighted by Crippen LogP contribution is 2.29. The van der Waals surface area contributed by atoms with E-state index < -0.39 is 0 Å². The Balaban J connectivity index is 1.12. The van der Waals surface area contributed by atoms with Crippen molar-refractivity contribution in [2.75, 3.05) is 25.0 Å². The van der Waals surface area contributed by atoms with Gasteiger partial charge in [0.2, 0.25) is 0 Å². The first-order chi connectivity index (χ1) is 15.7. The average molecular weight is 434 g/mol. The highest BCUT2D eigenvalue weighted by molar-refractivity contribution is 5.89. The molecule has 2 N–H and O–H groups in total. The molecule has 2 aromatic heterocycles. The number of ether oxygens (including phenoxy) is 1. The Labute approximate surface area is 186 Å². The minimum atomic E-state index is -0.254. The van der Waals surface area contributed by atoms with Crippen LogP contribution >= 0.6 is 0 Å². The number of hydrogen-bond donors (Lipinski definition) is 2. The summed E-state index contributed by atoms with van der Waals surface area (Å²) in [6, 6.07) is 11.5.